The maximum absolute atomic E-state index is 13.1. The zero-order valence-electron chi connectivity index (χ0n) is 17.7. The Morgan fingerprint density at radius 2 is 1.59 bits per heavy atom. The van der Waals surface area contributed by atoms with E-state index in [0.717, 1.165) is 43.9 Å². The van der Waals surface area contributed by atoms with Gasteiger partial charge in [-0.2, -0.15) is 26.3 Å². The van der Waals surface area contributed by atoms with Crippen molar-refractivity contribution in [1.82, 2.24) is 4.98 Å². The standard InChI is InChI=1S/C25H25F6N/c1-2-3-4-5-15-23(16-13-20(14-17-23)25(29,30)31)22-8-6-7-21(32-22)18-9-11-19(12-10-18)24(26,27)28/h6-14,16H,2-5,15,17H2,1H3. The Kier molecular flexibility index (Phi) is 7.16. The van der Waals surface area contributed by atoms with E-state index in [4.69, 9.17) is 0 Å². The molecule has 32 heavy (non-hydrogen) atoms. The van der Waals surface area contributed by atoms with Gasteiger partial charge < -0.3 is 0 Å². The second-order valence-corrected chi connectivity index (χ2v) is 8.14. The molecule has 0 saturated carbocycles. The molecule has 1 unspecified atom stereocenters. The van der Waals surface area contributed by atoms with Crippen molar-refractivity contribution in [3.05, 3.63) is 77.5 Å². The molecule has 0 saturated heterocycles. The third-order valence-electron chi connectivity index (χ3n) is 5.84. The first-order valence-electron chi connectivity index (χ1n) is 10.7. The number of pyridine rings is 1. The minimum absolute atomic E-state index is 0.175. The summed E-state index contributed by atoms with van der Waals surface area (Å²) in [6, 6.07) is 9.96. The third kappa shape index (κ3) is 5.61. The van der Waals surface area contributed by atoms with Crippen LogP contribution in [0.15, 0.2) is 66.3 Å². The SMILES string of the molecule is CCCCCCC1(c2cccc(-c3ccc(C(F)(F)F)cc3)n2)C=CC(C(F)(F)F)=CC1. The molecular formula is C25H25F6N. The lowest BCUT2D eigenvalue weighted by Gasteiger charge is -2.33. The van der Waals surface area contributed by atoms with Crippen LogP contribution in [-0.4, -0.2) is 11.2 Å². The average molecular weight is 453 g/mol. The predicted molar refractivity (Wildman–Crippen MR) is 113 cm³/mol. The molecule has 0 bridgehead atoms. The molecule has 0 fully saturated rings. The summed E-state index contributed by atoms with van der Waals surface area (Å²) in [5.41, 5.74) is -0.453. The van der Waals surface area contributed by atoms with Gasteiger partial charge in [0.05, 0.1) is 22.5 Å². The summed E-state index contributed by atoms with van der Waals surface area (Å²) in [6.07, 6.45) is -0.164. The van der Waals surface area contributed by atoms with Crippen molar-refractivity contribution in [2.24, 2.45) is 0 Å². The third-order valence-corrected chi connectivity index (χ3v) is 5.84. The Bertz CT molecular complexity index is 969. The maximum Gasteiger partial charge on any atom is 0.416 e. The average Bonchev–Trinajstić information content (AvgIpc) is 2.76. The molecule has 1 nitrogen and oxygen atoms in total. The van der Waals surface area contributed by atoms with Crippen molar-refractivity contribution < 1.29 is 26.3 Å². The molecule has 172 valence electrons. The molecule has 0 amide bonds. The Morgan fingerprint density at radius 1 is 0.875 bits per heavy atom. The van der Waals surface area contributed by atoms with Crippen molar-refractivity contribution in [2.45, 2.75) is 63.2 Å². The molecular weight excluding hydrogens is 428 g/mol. The van der Waals surface area contributed by atoms with Crippen LogP contribution in [0.25, 0.3) is 11.3 Å². The summed E-state index contributed by atoms with van der Waals surface area (Å²) in [5.74, 6) is 0. The first-order valence-corrected chi connectivity index (χ1v) is 10.7. The van der Waals surface area contributed by atoms with Gasteiger partial charge in [-0.3, -0.25) is 4.98 Å². The van der Waals surface area contributed by atoms with Crippen LogP contribution >= 0.6 is 0 Å². The fourth-order valence-electron chi connectivity index (χ4n) is 3.96. The molecule has 0 aliphatic heterocycles. The molecule has 0 spiro atoms. The molecule has 1 heterocycles. The first kappa shape index (κ1) is 24.1. The smallest absolute Gasteiger partial charge is 0.252 e. The quantitative estimate of drug-likeness (QED) is 0.303. The lowest BCUT2D eigenvalue weighted by molar-refractivity contribution is -0.137. The van der Waals surface area contributed by atoms with E-state index in [9.17, 15) is 26.3 Å². The van der Waals surface area contributed by atoms with Crippen LogP contribution in [0, 0.1) is 0 Å². The second-order valence-electron chi connectivity index (χ2n) is 8.14. The monoisotopic (exact) mass is 453 g/mol. The molecule has 7 heteroatoms. The predicted octanol–water partition coefficient (Wildman–Crippen LogP) is 8.42. The highest BCUT2D eigenvalue weighted by Gasteiger charge is 2.38. The van der Waals surface area contributed by atoms with Crippen LogP contribution < -0.4 is 0 Å². The van der Waals surface area contributed by atoms with Gasteiger partial charge in [0, 0.05) is 11.0 Å². The minimum Gasteiger partial charge on any atom is -0.252 e. The van der Waals surface area contributed by atoms with Gasteiger partial charge in [0.15, 0.2) is 0 Å². The van der Waals surface area contributed by atoms with E-state index < -0.39 is 28.9 Å². The number of allylic oxidation sites excluding steroid dienone is 4. The van der Waals surface area contributed by atoms with Crippen molar-refractivity contribution in [2.75, 3.05) is 0 Å². The molecule has 1 aromatic carbocycles. The van der Waals surface area contributed by atoms with E-state index in [2.05, 4.69) is 11.9 Å². The topological polar surface area (TPSA) is 12.9 Å². The molecule has 1 aromatic heterocycles. The Balaban J connectivity index is 1.92. The first-order chi connectivity index (χ1) is 15.0. The van der Waals surface area contributed by atoms with Gasteiger partial charge in [0.1, 0.15) is 0 Å². The van der Waals surface area contributed by atoms with Gasteiger partial charge >= 0.3 is 12.4 Å². The second kappa shape index (κ2) is 9.51. The number of aromatic nitrogens is 1. The van der Waals surface area contributed by atoms with E-state index in [1.807, 2.05) is 0 Å². The Hall–Kier alpha value is -2.57. The number of benzene rings is 1. The van der Waals surface area contributed by atoms with Crippen molar-refractivity contribution in [3.63, 3.8) is 0 Å². The zero-order valence-corrected chi connectivity index (χ0v) is 17.7. The van der Waals surface area contributed by atoms with Crippen molar-refractivity contribution in [1.29, 1.82) is 0 Å². The summed E-state index contributed by atoms with van der Waals surface area (Å²) in [6.45, 7) is 2.09. The zero-order chi connectivity index (χ0) is 23.4. The largest absolute Gasteiger partial charge is 0.416 e. The van der Waals surface area contributed by atoms with Gasteiger partial charge in [-0.05, 0) is 37.1 Å². The van der Waals surface area contributed by atoms with Gasteiger partial charge in [0.25, 0.3) is 0 Å². The highest BCUT2D eigenvalue weighted by atomic mass is 19.4. The van der Waals surface area contributed by atoms with E-state index >= 15 is 0 Å². The maximum atomic E-state index is 13.1. The minimum atomic E-state index is -4.42. The van der Waals surface area contributed by atoms with Crippen LogP contribution in [0.5, 0.6) is 0 Å². The van der Waals surface area contributed by atoms with Crippen molar-refractivity contribution >= 4 is 0 Å². The van der Waals surface area contributed by atoms with E-state index in [1.54, 1.807) is 24.3 Å². The number of hydrogen-bond acceptors (Lipinski definition) is 1. The highest BCUT2D eigenvalue weighted by molar-refractivity contribution is 5.60. The number of unbranched alkanes of at least 4 members (excludes halogenated alkanes) is 3. The number of alkyl halides is 6. The summed E-state index contributed by atoms with van der Waals surface area (Å²) in [7, 11) is 0. The van der Waals surface area contributed by atoms with Crippen LogP contribution in [0.1, 0.15) is 56.7 Å². The summed E-state index contributed by atoms with van der Waals surface area (Å²) < 4.78 is 78.0. The fourth-order valence-corrected chi connectivity index (χ4v) is 3.96. The molecule has 0 radical (unpaired) electrons. The summed E-state index contributed by atoms with van der Waals surface area (Å²) >= 11 is 0. The molecule has 3 rings (SSSR count). The van der Waals surface area contributed by atoms with Gasteiger partial charge in [0.2, 0.25) is 0 Å². The Labute approximate surface area is 183 Å². The lowest BCUT2D eigenvalue weighted by Crippen LogP contribution is -2.28. The highest BCUT2D eigenvalue weighted by Crippen LogP contribution is 2.42. The molecule has 1 aliphatic carbocycles. The van der Waals surface area contributed by atoms with Crippen LogP contribution in [0.4, 0.5) is 26.3 Å². The van der Waals surface area contributed by atoms with Gasteiger partial charge in [-0.15, -0.1) is 0 Å². The van der Waals surface area contributed by atoms with Crippen LogP contribution in [0.3, 0.4) is 0 Å². The summed E-state index contributed by atoms with van der Waals surface area (Å²) in [4.78, 5) is 4.67. The van der Waals surface area contributed by atoms with Crippen molar-refractivity contribution in [3.8, 4) is 11.3 Å². The molecule has 0 N–H and O–H groups in total. The van der Waals surface area contributed by atoms with Gasteiger partial charge in [-0.1, -0.05) is 69.0 Å². The summed E-state index contributed by atoms with van der Waals surface area (Å²) in [5, 5.41) is 0. The number of halogens is 6. The normalized spacial score (nSPS) is 19.2. The lowest BCUT2D eigenvalue weighted by atomic mass is 9.73. The van der Waals surface area contributed by atoms with Crippen LogP contribution in [-0.2, 0) is 11.6 Å². The van der Waals surface area contributed by atoms with E-state index in [1.165, 1.54) is 18.2 Å². The Morgan fingerprint density at radius 3 is 2.16 bits per heavy atom. The van der Waals surface area contributed by atoms with Gasteiger partial charge in [-0.25, -0.2) is 0 Å². The van der Waals surface area contributed by atoms with Crippen LogP contribution in [0.2, 0.25) is 0 Å². The fraction of sp³-hybridized carbons (Fsp3) is 0.400. The number of nitrogens with zero attached hydrogens (tertiary/aromatic N) is 1. The van der Waals surface area contributed by atoms with E-state index in [-0.39, 0.29) is 6.42 Å². The van der Waals surface area contributed by atoms with E-state index in [0.29, 0.717) is 23.4 Å². The molecule has 1 atom stereocenters. The number of rotatable bonds is 7. The number of hydrogen-bond donors (Lipinski definition) is 0. The molecule has 1 aliphatic rings. The molecule has 2 aromatic rings.